The molecule has 3 aliphatic rings. The van der Waals surface area contributed by atoms with E-state index in [9.17, 15) is 22.8 Å². The smallest absolute Gasteiger partial charge is 0.274 e. The van der Waals surface area contributed by atoms with Crippen molar-refractivity contribution in [3.05, 3.63) is 71.3 Å². The van der Waals surface area contributed by atoms with E-state index in [1.807, 2.05) is 13.0 Å². The van der Waals surface area contributed by atoms with E-state index < -0.39 is 23.7 Å². The molecule has 3 fully saturated rings. The van der Waals surface area contributed by atoms with Crippen LogP contribution in [-0.4, -0.2) is 71.6 Å². The third kappa shape index (κ3) is 5.88. The lowest BCUT2D eigenvalue weighted by Crippen LogP contribution is -2.65. The number of hydrogen-bond acceptors (Lipinski definition) is 7. The van der Waals surface area contributed by atoms with Crippen molar-refractivity contribution in [2.24, 2.45) is 5.41 Å². The number of ether oxygens (including phenoxy) is 2. The second kappa shape index (κ2) is 11.8. The predicted molar refractivity (Wildman–Crippen MR) is 151 cm³/mol. The van der Waals surface area contributed by atoms with E-state index in [0.717, 1.165) is 25.1 Å². The summed E-state index contributed by atoms with van der Waals surface area (Å²) >= 11 is 0. The van der Waals surface area contributed by atoms with Gasteiger partial charge in [0.2, 0.25) is 5.88 Å². The molecular weight excluding hydrogens is 563 g/mol. The van der Waals surface area contributed by atoms with Crippen molar-refractivity contribution in [1.29, 1.82) is 0 Å². The maximum absolute atomic E-state index is 13.5. The van der Waals surface area contributed by atoms with E-state index in [-0.39, 0.29) is 34.7 Å². The molecule has 0 bridgehead atoms. The molecule has 43 heavy (non-hydrogen) atoms. The molecule has 1 saturated carbocycles. The fraction of sp³-hybridized carbons (Fsp3) is 0.419. The molecule has 2 saturated heterocycles. The van der Waals surface area contributed by atoms with Gasteiger partial charge in [-0.1, -0.05) is 0 Å². The summed E-state index contributed by atoms with van der Waals surface area (Å²) in [4.78, 5) is 36.8. The van der Waals surface area contributed by atoms with Crippen LogP contribution in [0.15, 0.2) is 48.7 Å². The second-order valence-electron chi connectivity index (χ2n) is 11.3. The van der Waals surface area contributed by atoms with Crippen molar-refractivity contribution >= 4 is 11.8 Å². The van der Waals surface area contributed by atoms with Crippen LogP contribution in [0.25, 0.3) is 11.3 Å². The van der Waals surface area contributed by atoms with Crippen LogP contribution in [-0.2, 0) is 0 Å². The van der Waals surface area contributed by atoms with Gasteiger partial charge in [-0.2, -0.15) is 0 Å². The Morgan fingerprint density at radius 3 is 2.72 bits per heavy atom. The van der Waals surface area contributed by atoms with E-state index in [1.165, 1.54) is 4.90 Å². The van der Waals surface area contributed by atoms with Crippen LogP contribution in [0.4, 0.5) is 13.2 Å². The first kappa shape index (κ1) is 28.9. The summed E-state index contributed by atoms with van der Waals surface area (Å²) in [5.41, 5.74) is 0.386. The van der Waals surface area contributed by atoms with Crippen LogP contribution in [0.5, 0.6) is 11.6 Å². The molecule has 1 aliphatic carbocycles. The summed E-state index contributed by atoms with van der Waals surface area (Å²) in [7, 11) is 0. The lowest BCUT2D eigenvalue weighted by Gasteiger charge is -2.58. The van der Waals surface area contributed by atoms with E-state index >= 15 is 0 Å². The Morgan fingerprint density at radius 2 is 2.00 bits per heavy atom. The molecule has 0 radical (unpaired) electrons. The van der Waals surface area contributed by atoms with Gasteiger partial charge in [0.15, 0.2) is 11.4 Å². The molecule has 6 rings (SSSR count). The highest BCUT2D eigenvalue weighted by atomic mass is 19.3. The minimum Gasteiger partial charge on any atom is -0.488 e. The Labute approximate surface area is 246 Å². The molecule has 2 N–H and O–H groups in total. The zero-order valence-corrected chi connectivity index (χ0v) is 23.6. The SMILES string of the molecule is CCOc1ncccc1-c1ccc(OC2CC3(C2)CN(C(=O)c2ccc(F)cc2C(F)F)C3)c(C(=O)N[C@@H]2CCNC2)n1. The predicted octanol–water partition coefficient (Wildman–Crippen LogP) is 4.39. The van der Waals surface area contributed by atoms with Crippen molar-refractivity contribution < 1.29 is 32.2 Å². The molecule has 12 heteroatoms. The summed E-state index contributed by atoms with van der Waals surface area (Å²) in [5, 5.41) is 6.27. The summed E-state index contributed by atoms with van der Waals surface area (Å²) in [6, 6.07) is 9.94. The summed E-state index contributed by atoms with van der Waals surface area (Å²) in [6.45, 7) is 4.58. The van der Waals surface area contributed by atoms with Gasteiger partial charge in [-0.25, -0.2) is 23.1 Å². The Kier molecular flexibility index (Phi) is 7.95. The maximum Gasteiger partial charge on any atom is 0.274 e. The third-order valence-electron chi connectivity index (χ3n) is 8.23. The average Bonchev–Trinajstić information content (AvgIpc) is 3.47. The fourth-order valence-corrected chi connectivity index (χ4v) is 6.14. The minimum absolute atomic E-state index is 0.0136. The number of likely N-dealkylation sites (tertiary alicyclic amines) is 1. The number of nitrogens with one attached hydrogen (secondary N) is 2. The quantitative estimate of drug-likeness (QED) is 0.378. The standard InChI is InChI=1S/C31H32F3N5O4/c1-2-42-29-22(4-3-10-36-29)24-7-8-25(26(38-24)28(40)37-19-9-11-35-15-19)43-20-13-31(14-20)16-39(17-31)30(41)21-6-5-18(32)12-23(21)27(33)34/h3-8,10,12,19-20,27,35H,2,9,11,13-17H2,1H3,(H,37,40)/t19-/m1/s1. The van der Waals surface area contributed by atoms with Gasteiger partial charge >= 0.3 is 0 Å². The first-order valence-corrected chi connectivity index (χ1v) is 14.4. The van der Waals surface area contributed by atoms with Crippen molar-refractivity contribution in [2.45, 2.75) is 44.8 Å². The number of halogens is 3. The number of alkyl halides is 2. The number of amides is 2. The van der Waals surface area contributed by atoms with Crippen LogP contribution in [0.3, 0.4) is 0 Å². The number of carbonyl (C=O) groups is 2. The van der Waals surface area contributed by atoms with Gasteiger partial charge in [-0.15, -0.1) is 0 Å². The number of nitrogens with zero attached hydrogens (tertiary/aromatic N) is 3. The van der Waals surface area contributed by atoms with Gasteiger partial charge in [0.25, 0.3) is 18.2 Å². The normalized spacial score (nSPS) is 19.2. The van der Waals surface area contributed by atoms with Gasteiger partial charge < -0.3 is 25.0 Å². The number of carbonyl (C=O) groups excluding carboxylic acids is 2. The summed E-state index contributed by atoms with van der Waals surface area (Å²) in [6.07, 6.45) is 0.556. The van der Waals surface area contributed by atoms with Crippen LogP contribution >= 0.6 is 0 Å². The molecule has 0 unspecified atom stereocenters. The fourth-order valence-electron chi connectivity index (χ4n) is 6.14. The van der Waals surface area contributed by atoms with Gasteiger partial charge in [0, 0.05) is 48.4 Å². The molecule has 3 aromatic rings. The third-order valence-corrected chi connectivity index (χ3v) is 8.23. The zero-order valence-electron chi connectivity index (χ0n) is 23.6. The Morgan fingerprint density at radius 1 is 1.19 bits per heavy atom. The first-order valence-electron chi connectivity index (χ1n) is 14.4. The van der Waals surface area contributed by atoms with Crippen molar-refractivity contribution in [2.75, 3.05) is 32.8 Å². The highest BCUT2D eigenvalue weighted by Crippen LogP contribution is 2.50. The molecule has 2 aromatic heterocycles. The molecule has 1 atom stereocenters. The van der Waals surface area contributed by atoms with Gasteiger partial charge in [0.05, 0.1) is 17.9 Å². The molecule has 9 nitrogen and oxygen atoms in total. The second-order valence-corrected chi connectivity index (χ2v) is 11.3. The zero-order chi connectivity index (χ0) is 30.1. The molecule has 4 heterocycles. The molecule has 2 amide bonds. The maximum atomic E-state index is 13.5. The van der Waals surface area contributed by atoms with Gasteiger partial charge in [-0.05, 0) is 75.2 Å². The Bertz CT molecular complexity index is 1520. The molecule has 1 aromatic carbocycles. The number of rotatable bonds is 9. The molecule has 2 aliphatic heterocycles. The van der Waals surface area contributed by atoms with Crippen molar-refractivity contribution in [3.8, 4) is 22.9 Å². The van der Waals surface area contributed by atoms with Crippen LogP contribution < -0.4 is 20.1 Å². The largest absolute Gasteiger partial charge is 0.488 e. The first-order chi connectivity index (χ1) is 20.7. The van der Waals surface area contributed by atoms with E-state index in [2.05, 4.69) is 20.6 Å². The molecule has 1 spiro atoms. The Hall–Kier alpha value is -4.19. The van der Waals surface area contributed by atoms with E-state index in [1.54, 1.807) is 24.4 Å². The average molecular weight is 596 g/mol. The number of pyridine rings is 2. The molecular formula is C31H32F3N5O4. The highest BCUT2D eigenvalue weighted by Gasteiger charge is 2.55. The summed E-state index contributed by atoms with van der Waals surface area (Å²) in [5.74, 6) is -0.905. The van der Waals surface area contributed by atoms with Crippen LogP contribution in [0.1, 0.15) is 59.0 Å². The van der Waals surface area contributed by atoms with Gasteiger partial charge in [0.1, 0.15) is 11.9 Å². The number of aromatic nitrogens is 2. The van der Waals surface area contributed by atoms with E-state index in [0.29, 0.717) is 68.0 Å². The number of hydrogen-bond donors (Lipinski definition) is 2. The lowest BCUT2D eigenvalue weighted by atomic mass is 9.61. The van der Waals surface area contributed by atoms with Crippen molar-refractivity contribution in [3.63, 3.8) is 0 Å². The monoisotopic (exact) mass is 595 g/mol. The lowest BCUT2D eigenvalue weighted by molar-refractivity contribution is -0.103. The topological polar surface area (TPSA) is 106 Å². The van der Waals surface area contributed by atoms with Crippen LogP contribution in [0.2, 0.25) is 0 Å². The van der Waals surface area contributed by atoms with Gasteiger partial charge in [-0.3, -0.25) is 9.59 Å². The minimum atomic E-state index is -2.95. The summed E-state index contributed by atoms with van der Waals surface area (Å²) < 4.78 is 52.3. The highest BCUT2D eigenvalue weighted by molar-refractivity contribution is 5.97. The molecule has 226 valence electrons. The Balaban J connectivity index is 1.15. The number of benzene rings is 1. The van der Waals surface area contributed by atoms with Crippen LogP contribution in [0, 0.1) is 11.2 Å². The van der Waals surface area contributed by atoms with Crippen molar-refractivity contribution in [1.82, 2.24) is 25.5 Å². The van der Waals surface area contributed by atoms with E-state index in [4.69, 9.17) is 9.47 Å².